The SMILES string of the molecule is CC=CC/C(=C\C=C(/C)CNC(=O)N1Cc2ccncc2C1)S(=O)(=O)c1ccc(NC)nc1. The van der Waals surface area contributed by atoms with Gasteiger partial charge in [0.25, 0.3) is 0 Å². The number of nitrogens with one attached hydrogen (secondary N) is 2. The lowest BCUT2D eigenvalue weighted by atomic mass is 10.2. The molecule has 9 heteroatoms. The summed E-state index contributed by atoms with van der Waals surface area (Å²) in [7, 11) is -1.97. The molecule has 1 aliphatic heterocycles. The van der Waals surface area contributed by atoms with E-state index in [0.717, 1.165) is 16.7 Å². The van der Waals surface area contributed by atoms with E-state index in [9.17, 15) is 13.2 Å². The highest BCUT2D eigenvalue weighted by Crippen LogP contribution is 2.23. The summed E-state index contributed by atoms with van der Waals surface area (Å²) in [5.41, 5.74) is 2.99. The Balaban J connectivity index is 1.68. The Kier molecular flexibility index (Phi) is 8.00. The standard InChI is InChI=1S/C24H29N5O3S/c1-4-5-6-21(33(31,32)22-9-10-23(25-3)27-15-22)8-7-18(2)13-28-24(30)29-16-19-11-12-26-14-20(19)17-29/h4-5,7-12,14-15H,6,13,16-17H2,1-3H3,(H,25,27)(H,28,30)/b5-4?,18-7+,21-8+. The van der Waals surface area contributed by atoms with Gasteiger partial charge in [0.2, 0.25) is 9.84 Å². The van der Waals surface area contributed by atoms with Crippen molar-refractivity contribution in [3.05, 3.63) is 82.7 Å². The molecule has 2 N–H and O–H groups in total. The van der Waals surface area contributed by atoms with Crippen LogP contribution in [0.1, 0.15) is 31.4 Å². The number of hydrogen-bond acceptors (Lipinski definition) is 6. The monoisotopic (exact) mass is 467 g/mol. The zero-order chi connectivity index (χ0) is 23.8. The molecule has 3 heterocycles. The molecule has 2 aromatic heterocycles. The van der Waals surface area contributed by atoms with Gasteiger partial charge in [-0.2, -0.15) is 0 Å². The number of urea groups is 1. The van der Waals surface area contributed by atoms with Gasteiger partial charge in [-0.15, -0.1) is 0 Å². The van der Waals surface area contributed by atoms with E-state index < -0.39 is 9.84 Å². The smallest absolute Gasteiger partial charge is 0.318 e. The summed E-state index contributed by atoms with van der Waals surface area (Å²) in [4.78, 5) is 22.9. The van der Waals surface area contributed by atoms with Crippen LogP contribution >= 0.6 is 0 Å². The molecule has 0 fully saturated rings. The molecule has 0 aromatic carbocycles. The van der Waals surface area contributed by atoms with Gasteiger partial charge in [-0.1, -0.05) is 23.8 Å². The van der Waals surface area contributed by atoms with Crippen molar-refractivity contribution >= 4 is 21.7 Å². The van der Waals surface area contributed by atoms with E-state index in [-0.39, 0.29) is 22.3 Å². The molecule has 0 spiro atoms. The molecule has 0 unspecified atom stereocenters. The Hall–Kier alpha value is -3.46. The van der Waals surface area contributed by atoms with Gasteiger partial charge in [-0.3, -0.25) is 4.98 Å². The maximum atomic E-state index is 13.1. The second kappa shape index (κ2) is 10.9. The third-order valence-electron chi connectivity index (χ3n) is 5.29. The van der Waals surface area contributed by atoms with Gasteiger partial charge in [-0.25, -0.2) is 18.2 Å². The number of hydrogen-bond donors (Lipinski definition) is 2. The van der Waals surface area contributed by atoms with E-state index in [2.05, 4.69) is 20.6 Å². The van der Waals surface area contributed by atoms with E-state index in [0.29, 0.717) is 25.5 Å². The molecule has 0 aliphatic carbocycles. The van der Waals surface area contributed by atoms with Crippen LogP contribution in [0.5, 0.6) is 0 Å². The van der Waals surface area contributed by atoms with Crippen LogP contribution < -0.4 is 10.6 Å². The summed E-state index contributed by atoms with van der Waals surface area (Å²) < 4.78 is 26.2. The molecule has 0 saturated heterocycles. The average Bonchev–Trinajstić information content (AvgIpc) is 3.27. The van der Waals surface area contributed by atoms with E-state index in [1.807, 2.05) is 26.0 Å². The number of aromatic nitrogens is 2. The fourth-order valence-corrected chi connectivity index (χ4v) is 4.63. The lowest BCUT2D eigenvalue weighted by Crippen LogP contribution is -2.37. The molecular formula is C24H29N5O3S. The quantitative estimate of drug-likeness (QED) is 0.452. The topological polar surface area (TPSA) is 104 Å². The molecule has 1 aliphatic rings. The van der Waals surface area contributed by atoms with Crippen molar-refractivity contribution < 1.29 is 13.2 Å². The Bertz CT molecular complexity index is 1160. The molecule has 8 nitrogen and oxygen atoms in total. The van der Waals surface area contributed by atoms with E-state index >= 15 is 0 Å². The number of rotatable bonds is 8. The summed E-state index contributed by atoms with van der Waals surface area (Å²) in [6.45, 7) is 5.09. The lowest BCUT2D eigenvalue weighted by Gasteiger charge is -2.16. The van der Waals surface area contributed by atoms with Crippen molar-refractivity contribution in [2.45, 2.75) is 38.3 Å². The van der Waals surface area contributed by atoms with Crippen LogP contribution in [0.15, 0.2) is 76.5 Å². The average molecular weight is 468 g/mol. The number of pyridine rings is 2. The minimum atomic E-state index is -3.70. The Morgan fingerprint density at radius 1 is 1.15 bits per heavy atom. The predicted molar refractivity (Wildman–Crippen MR) is 129 cm³/mol. The first-order chi connectivity index (χ1) is 15.8. The van der Waals surface area contributed by atoms with Crippen LogP contribution in [0.25, 0.3) is 0 Å². The summed E-state index contributed by atoms with van der Waals surface area (Å²) in [6, 6.07) is 4.93. The van der Waals surface area contributed by atoms with Crippen LogP contribution in [0.2, 0.25) is 0 Å². The van der Waals surface area contributed by atoms with Crippen LogP contribution in [0, 0.1) is 0 Å². The van der Waals surface area contributed by atoms with Crippen LogP contribution in [0.3, 0.4) is 0 Å². The summed E-state index contributed by atoms with van der Waals surface area (Å²) in [5, 5.41) is 5.77. The first-order valence-corrected chi connectivity index (χ1v) is 12.1. The number of amides is 2. The molecule has 3 rings (SSSR count). The minimum absolute atomic E-state index is 0.139. The zero-order valence-corrected chi connectivity index (χ0v) is 19.9. The molecular weight excluding hydrogens is 438 g/mol. The van der Waals surface area contributed by atoms with Gasteiger partial charge in [0.05, 0.1) is 9.80 Å². The maximum Gasteiger partial charge on any atom is 0.318 e. The summed E-state index contributed by atoms with van der Waals surface area (Å²) >= 11 is 0. The number of allylic oxidation sites excluding steroid dienone is 5. The number of fused-ring (bicyclic) bond motifs is 1. The fourth-order valence-electron chi connectivity index (χ4n) is 3.32. The summed E-state index contributed by atoms with van der Waals surface area (Å²) in [5.74, 6) is 0.594. The third-order valence-corrected chi connectivity index (χ3v) is 7.14. The van der Waals surface area contributed by atoms with Crippen LogP contribution in [0.4, 0.5) is 10.6 Å². The maximum absolute atomic E-state index is 13.1. The number of carbonyl (C=O) groups is 1. The van der Waals surface area contributed by atoms with Gasteiger partial charge >= 0.3 is 6.03 Å². The molecule has 0 atom stereocenters. The first kappa shape index (κ1) is 24.2. The Morgan fingerprint density at radius 3 is 2.61 bits per heavy atom. The van der Waals surface area contributed by atoms with Crippen molar-refractivity contribution in [3.8, 4) is 0 Å². The third kappa shape index (κ3) is 6.07. The number of carbonyl (C=O) groups excluding carboxylic acids is 1. The van der Waals surface area contributed by atoms with E-state index in [1.54, 1.807) is 48.6 Å². The molecule has 33 heavy (non-hydrogen) atoms. The predicted octanol–water partition coefficient (Wildman–Crippen LogP) is 3.81. The minimum Gasteiger partial charge on any atom is -0.373 e. The Morgan fingerprint density at radius 2 is 1.94 bits per heavy atom. The van der Waals surface area contributed by atoms with Crippen molar-refractivity contribution in [1.29, 1.82) is 0 Å². The van der Waals surface area contributed by atoms with Crippen LogP contribution in [-0.2, 0) is 22.9 Å². The highest BCUT2D eigenvalue weighted by molar-refractivity contribution is 7.95. The molecule has 2 aromatic rings. The zero-order valence-electron chi connectivity index (χ0n) is 19.1. The fraction of sp³-hybridized carbons (Fsp3) is 0.292. The van der Waals surface area contributed by atoms with Crippen molar-refractivity contribution in [3.63, 3.8) is 0 Å². The number of nitrogens with zero attached hydrogens (tertiary/aromatic N) is 3. The van der Waals surface area contributed by atoms with E-state index in [1.165, 1.54) is 12.3 Å². The van der Waals surface area contributed by atoms with E-state index in [4.69, 9.17) is 0 Å². The first-order valence-electron chi connectivity index (χ1n) is 10.7. The van der Waals surface area contributed by atoms with Gasteiger partial charge in [0.15, 0.2) is 0 Å². The largest absolute Gasteiger partial charge is 0.373 e. The van der Waals surface area contributed by atoms with Gasteiger partial charge in [0, 0.05) is 51.7 Å². The molecule has 2 amide bonds. The van der Waals surface area contributed by atoms with Crippen molar-refractivity contribution in [1.82, 2.24) is 20.2 Å². The lowest BCUT2D eigenvalue weighted by molar-refractivity contribution is 0.199. The van der Waals surface area contributed by atoms with Gasteiger partial charge < -0.3 is 15.5 Å². The number of sulfone groups is 1. The molecule has 0 saturated carbocycles. The van der Waals surface area contributed by atoms with Gasteiger partial charge in [0.1, 0.15) is 5.82 Å². The molecule has 0 radical (unpaired) electrons. The second-order valence-electron chi connectivity index (χ2n) is 7.71. The Labute approximate surface area is 195 Å². The van der Waals surface area contributed by atoms with Crippen molar-refractivity contribution in [2.75, 3.05) is 18.9 Å². The molecule has 0 bridgehead atoms. The van der Waals surface area contributed by atoms with Crippen LogP contribution in [-0.4, -0.2) is 42.9 Å². The molecule has 174 valence electrons. The normalized spacial score (nSPS) is 14.5. The van der Waals surface area contributed by atoms with Gasteiger partial charge in [-0.05, 0) is 49.2 Å². The summed E-state index contributed by atoms with van der Waals surface area (Å²) in [6.07, 6.45) is 12.1. The second-order valence-corrected chi connectivity index (χ2v) is 9.71. The highest BCUT2D eigenvalue weighted by Gasteiger charge is 2.23. The highest BCUT2D eigenvalue weighted by atomic mass is 32.2. The van der Waals surface area contributed by atoms with Crippen molar-refractivity contribution in [2.24, 2.45) is 0 Å². The number of anilines is 1.